The molecule has 6 heteroatoms. The van der Waals surface area contributed by atoms with Crippen LogP contribution in [-0.2, 0) is 9.53 Å². The van der Waals surface area contributed by atoms with Gasteiger partial charge in [-0.3, -0.25) is 0 Å². The van der Waals surface area contributed by atoms with Gasteiger partial charge < -0.3 is 25.2 Å². The molecule has 1 aliphatic heterocycles. The second-order valence-electron chi connectivity index (χ2n) is 10.9. The number of aliphatic hydroxyl groups excluding tert-OH is 3. The summed E-state index contributed by atoms with van der Waals surface area (Å²) in [6, 6.07) is 0. The Hall–Kier alpha value is -0.950. The summed E-state index contributed by atoms with van der Waals surface area (Å²) in [5.41, 5.74) is -1.23. The lowest BCUT2D eigenvalue weighted by molar-refractivity contribution is -0.269. The van der Waals surface area contributed by atoms with Crippen molar-refractivity contribution >= 4 is 5.97 Å². The molecule has 0 bridgehead atoms. The molecule has 4 N–H and O–H groups in total. The van der Waals surface area contributed by atoms with Gasteiger partial charge in [0, 0.05) is 17.4 Å². The van der Waals surface area contributed by atoms with E-state index in [4.69, 9.17) is 4.74 Å². The van der Waals surface area contributed by atoms with Crippen LogP contribution < -0.4 is 0 Å². The average molecular weight is 407 g/mol. The first kappa shape index (κ1) is 20.0. The molecular formula is C23H34O6. The van der Waals surface area contributed by atoms with Gasteiger partial charge in [0.25, 0.3) is 0 Å². The first-order chi connectivity index (χ1) is 13.6. The van der Waals surface area contributed by atoms with Crippen LogP contribution in [0, 0.1) is 34.5 Å². The topological polar surface area (TPSA) is 107 Å². The van der Waals surface area contributed by atoms with Gasteiger partial charge in [0.15, 0.2) is 0 Å². The van der Waals surface area contributed by atoms with E-state index in [2.05, 4.69) is 6.92 Å². The van der Waals surface area contributed by atoms with Crippen LogP contribution in [0.15, 0.2) is 11.6 Å². The van der Waals surface area contributed by atoms with Crippen LogP contribution in [0.5, 0.6) is 0 Å². The first-order valence-corrected chi connectivity index (χ1v) is 11.2. The van der Waals surface area contributed by atoms with Gasteiger partial charge in [-0.2, -0.15) is 0 Å². The number of hydrogen-bond donors (Lipinski definition) is 4. The minimum atomic E-state index is -1.18. The molecule has 0 aromatic carbocycles. The normalized spacial score (nSPS) is 56.8. The van der Waals surface area contributed by atoms with E-state index in [1.807, 2.05) is 6.92 Å². The molecule has 0 spiro atoms. The molecule has 6 nitrogen and oxygen atoms in total. The lowest BCUT2D eigenvalue weighted by Gasteiger charge is -2.66. The highest BCUT2D eigenvalue weighted by Gasteiger charge is 2.72. The Bertz CT molecular complexity index is 750. The van der Waals surface area contributed by atoms with Crippen molar-refractivity contribution < 1.29 is 30.0 Å². The van der Waals surface area contributed by atoms with Gasteiger partial charge in [0.2, 0.25) is 0 Å². The summed E-state index contributed by atoms with van der Waals surface area (Å²) in [5, 5.41) is 45.0. The molecule has 0 amide bonds. The van der Waals surface area contributed by atoms with Crippen LogP contribution in [0.2, 0.25) is 0 Å². The van der Waals surface area contributed by atoms with E-state index in [-0.39, 0.29) is 47.8 Å². The summed E-state index contributed by atoms with van der Waals surface area (Å²) in [5.74, 6) is -0.540. The van der Waals surface area contributed by atoms with Gasteiger partial charge in [-0.15, -0.1) is 0 Å². The number of fused-ring (bicyclic) bond motifs is 5. The van der Waals surface area contributed by atoms with E-state index in [0.717, 1.165) is 18.4 Å². The van der Waals surface area contributed by atoms with Crippen molar-refractivity contribution in [1.82, 2.24) is 0 Å². The highest BCUT2D eigenvalue weighted by atomic mass is 16.5. The monoisotopic (exact) mass is 406 g/mol. The Balaban J connectivity index is 1.55. The molecule has 4 unspecified atom stereocenters. The van der Waals surface area contributed by atoms with Crippen LogP contribution in [-0.4, -0.2) is 56.9 Å². The average Bonchev–Trinajstić information content (AvgIpc) is 3.19. The second kappa shape index (κ2) is 6.28. The zero-order chi connectivity index (χ0) is 20.8. The van der Waals surface area contributed by atoms with E-state index in [1.54, 1.807) is 0 Å². The lowest BCUT2D eigenvalue weighted by atomic mass is 9.42. The third kappa shape index (κ3) is 2.46. The summed E-state index contributed by atoms with van der Waals surface area (Å²) in [6.45, 7) is 4.42. The standard InChI is InChI=1S/C23H34O6/c1-21-5-3-14(24)8-13(21)9-17(25)20-16(21)10-18(26)22(2)15(4-6-23(20,22)28)12-7-19(27)29-11-12/h7,13-18,20,24-26,28H,3-6,8-11H2,1-2H3/t13?,14?,15-,16+,17?,18?,20+,21+,22+,23+/m1/s1. The smallest absolute Gasteiger partial charge is 0.331 e. The van der Waals surface area contributed by atoms with Gasteiger partial charge in [0.1, 0.15) is 6.61 Å². The zero-order valence-electron chi connectivity index (χ0n) is 17.4. The van der Waals surface area contributed by atoms with E-state index in [9.17, 15) is 25.2 Å². The van der Waals surface area contributed by atoms with Crippen LogP contribution in [0.3, 0.4) is 0 Å². The minimum absolute atomic E-state index is 0.0195. The van der Waals surface area contributed by atoms with Crippen LogP contribution in [0.1, 0.15) is 58.8 Å². The molecule has 0 radical (unpaired) electrons. The molecule has 162 valence electrons. The molecule has 10 atom stereocenters. The quantitative estimate of drug-likeness (QED) is 0.492. The Kier molecular flexibility index (Phi) is 4.33. The number of esters is 1. The Morgan fingerprint density at radius 2 is 1.83 bits per heavy atom. The summed E-state index contributed by atoms with van der Waals surface area (Å²) < 4.78 is 5.13. The summed E-state index contributed by atoms with van der Waals surface area (Å²) in [4.78, 5) is 11.7. The molecule has 4 aliphatic carbocycles. The minimum Gasteiger partial charge on any atom is -0.458 e. The van der Waals surface area contributed by atoms with Crippen molar-refractivity contribution in [1.29, 1.82) is 0 Å². The van der Waals surface area contributed by atoms with Gasteiger partial charge in [0.05, 0.1) is 23.9 Å². The van der Waals surface area contributed by atoms with E-state index >= 15 is 0 Å². The number of hydrogen-bond acceptors (Lipinski definition) is 6. The van der Waals surface area contributed by atoms with Crippen molar-refractivity contribution in [3.8, 4) is 0 Å². The van der Waals surface area contributed by atoms with Crippen molar-refractivity contribution in [2.45, 2.75) is 82.7 Å². The van der Waals surface area contributed by atoms with E-state index in [0.29, 0.717) is 32.1 Å². The van der Waals surface area contributed by atoms with Crippen LogP contribution in [0.4, 0.5) is 0 Å². The Morgan fingerprint density at radius 3 is 2.52 bits per heavy atom. The van der Waals surface area contributed by atoms with Gasteiger partial charge in [-0.25, -0.2) is 4.79 Å². The molecule has 4 fully saturated rings. The highest BCUT2D eigenvalue weighted by Crippen LogP contribution is 2.69. The SMILES string of the molecule is C[C@]12CCC(O)CC1CC(O)[C@@H]1[C@@H]2CC(O)[C@]2(C)[C@@H](C3=CC(=O)OC3)CC[C@]12O. The summed E-state index contributed by atoms with van der Waals surface area (Å²) >= 11 is 0. The number of rotatable bonds is 1. The second-order valence-corrected chi connectivity index (χ2v) is 10.9. The molecule has 0 aromatic heterocycles. The van der Waals surface area contributed by atoms with Gasteiger partial charge >= 0.3 is 5.97 Å². The number of carbonyl (C=O) groups excluding carboxylic acids is 1. The molecular weight excluding hydrogens is 372 g/mol. The van der Waals surface area contributed by atoms with Crippen molar-refractivity contribution in [2.75, 3.05) is 6.61 Å². The maximum absolute atomic E-state index is 12.1. The lowest BCUT2D eigenvalue weighted by Crippen LogP contribution is -2.70. The van der Waals surface area contributed by atoms with E-state index < -0.39 is 23.2 Å². The molecule has 29 heavy (non-hydrogen) atoms. The van der Waals surface area contributed by atoms with Crippen molar-refractivity contribution in [3.05, 3.63) is 11.6 Å². The fourth-order valence-corrected chi connectivity index (χ4v) is 8.36. The predicted molar refractivity (Wildman–Crippen MR) is 105 cm³/mol. The summed E-state index contributed by atoms with van der Waals surface area (Å²) in [6.07, 6.45) is 4.48. The maximum atomic E-state index is 12.1. The third-order valence-electron chi connectivity index (χ3n) is 10.1. The number of ether oxygens (including phenoxy) is 1. The molecule has 5 rings (SSSR count). The van der Waals surface area contributed by atoms with Crippen molar-refractivity contribution in [2.24, 2.45) is 34.5 Å². The third-order valence-corrected chi connectivity index (χ3v) is 10.1. The van der Waals surface area contributed by atoms with Crippen LogP contribution >= 0.6 is 0 Å². The Labute approximate surface area is 172 Å². The van der Waals surface area contributed by atoms with Gasteiger partial charge in [-0.1, -0.05) is 13.8 Å². The van der Waals surface area contributed by atoms with Crippen LogP contribution in [0.25, 0.3) is 0 Å². The highest BCUT2D eigenvalue weighted by molar-refractivity contribution is 5.85. The first-order valence-electron chi connectivity index (χ1n) is 11.2. The number of aliphatic hydroxyl groups is 4. The summed E-state index contributed by atoms with van der Waals surface area (Å²) in [7, 11) is 0. The molecule has 1 heterocycles. The van der Waals surface area contributed by atoms with E-state index in [1.165, 1.54) is 6.08 Å². The number of cyclic esters (lactones) is 1. The predicted octanol–water partition coefficient (Wildman–Crippen LogP) is 1.55. The fourth-order valence-electron chi connectivity index (χ4n) is 8.36. The van der Waals surface area contributed by atoms with Gasteiger partial charge in [-0.05, 0) is 73.7 Å². The fraction of sp³-hybridized carbons (Fsp3) is 0.870. The Morgan fingerprint density at radius 1 is 1.07 bits per heavy atom. The maximum Gasteiger partial charge on any atom is 0.331 e. The molecule has 0 saturated heterocycles. The molecule has 5 aliphatic rings. The largest absolute Gasteiger partial charge is 0.458 e. The molecule has 4 saturated carbocycles. The molecule has 0 aromatic rings. The zero-order valence-corrected chi connectivity index (χ0v) is 17.4. The van der Waals surface area contributed by atoms with Crippen molar-refractivity contribution in [3.63, 3.8) is 0 Å². The number of carbonyl (C=O) groups is 1.